The number of hydrogen-bond acceptors (Lipinski definition) is 17. The minimum atomic E-state index is -2.02. The number of ether oxygens (including phenoxy) is 4. The van der Waals surface area contributed by atoms with E-state index in [9.17, 15) is 61.0 Å². The standard InChI is InChI=1S/C27H30O17/c1-7-16(32)20(36)22(38)26(41-7)40-6-14-18(34)21(37)23(39)27(43-14)44-25-19(35)15-10(29)4-9(28)5-13(15)42-24(25)8-2-11(30)17(33)12(31)3-8/h2-5,7,14,16,18,20-23,26-34,36-39H,6H2,1H3/t7-,14+,16-,18+,20+,21-,22+,23+,26-,27-/m0/s1. The lowest BCUT2D eigenvalue weighted by molar-refractivity contribution is -0.318. The van der Waals surface area contributed by atoms with Crippen molar-refractivity contribution in [2.75, 3.05) is 6.61 Å². The van der Waals surface area contributed by atoms with Crippen LogP contribution in [-0.2, 0) is 14.2 Å². The lowest BCUT2D eigenvalue weighted by atomic mass is 9.98. The zero-order chi connectivity index (χ0) is 32.2. The van der Waals surface area contributed by atoms with E-state index in [4.69, 9.17) is 23.4 Å². The SMILES string of the molecule is C[C@@H]1O[C@H](OC[C@H]2O[C@@H](Oc3c(-c4cc(O)c(O)c(O)c4)oc4cc(O)cc(O)c4c3=O)[C@H](O)[C@@H](O)[C@@H]2O)[C@H](O)[C@H](O)[C@H]1O. The van der Waals surface area contributed by atoms with Crippen LogP contribution in [0.25, 0.3) is 22.3 Å². The van der Waals surface area contributed by atoms with Gasteiger partial charge in [-0.15, -0.1) is 0 Å². The largest absolute Gasteiger partial charge is 0.508 e. The van der Waals surface area contributed by atoms with Crippen molar-refractivity contribution in [1.29, 1.82) is 0 Å². The molecule has 0 radical (unpaired) electrons. The summed E-state index contributed by atoms with van der Waals surface area (Å²) in [5.41, 5.74) is -1.74. The molecule has 2 aromatic carbocycles. The van der Waals surface area contributed by atoms with Crippen LogP contribution in [0.3, 0.4) is 0 Å². The molecular formula is C27H30O17. The Bertz CT molecular complexity index is 1570. The van der Waals surface area contributed by atoms with Crippen molar-refractivity contribution in [3.8, 4) is 45.8 Å². The van der Waals surface area contributed by atoms with Gasteiger partial charge in [0, 0.05) is 17.7 Å². The maximum absolute atomic E-state index is 13.6. The summed E-state index contributed by atoms with van der Waals surface area (Å²) < 4.78 is 27.7. The van der Waals surface area contributed by atoms with E-state index in [1.54, 1.807) is 0 Å². The van der Waals surface area contributed by atoms with Crippen LogP contribution in [0.5, 0.6) is 34.5 Å². The van der Waals surface area contributed by atoms with Gasteiger partial charge >= 0.3 is 0 Å². The first-order valence-corrected chi connectivity index (χ1v) is 13.1. The molecule has 5 rings (SSSR count). The van der Waals surface area contributed by atoms with Crippen molar-refractivity contribution in [1.82, 2.24) is 0 Å². The molecule has 240 valence electrons. The van der Waals surface area contributed by atoms with Crippen molar-refractivity contribution in [2.24, 2.45) is 0 Å². The normalized spacial score (nSPS) is 32.5. The number of phenols is 5. The molecule has 2 aliphatic heterocycles. The van der Waals surface area contributed by atoms with E-state index >= 15 is 0 Å². The third-order valence-electron chi connectivity index (χ3n) is 7.39. The summed E-state index contributed by atoms with van der Waals surface area (Å²) in [6.45, 7) is 0.770. The highest BCUT2D eigenvalue weighted by molar-refractivity contribution is 5.88. The number of aromatic hydroxyl groups is 5. The molecule has 44 heavy (non-hydrogen) atoms. The third kappa shape index (κ3) is 5.56. The average Bonchev–Trinajstić information content (AvgIpc) is 2.97. The summed E-state index contributed by atoms with van der Waals surface area (Å²) in [5, 5.41) is 111. The van der Waals surface area contributed by atoms with Gasteiger partial charge in [-0.25, -0.2) is 0 Å². The van der Waals surface area contributed by atoms with Gasteiger partial charge in [0.1, 0.15) is 65.2 Å². The Balaban J connectivity index is 1.50. The third-order valence-corrected chi connectivity index (χ3v) is 7.39. The molecule has 3 heterocycles. The van der Waals surface area contributed by atoms with E-state index in [0.717, 1.165) is 24.3 Å². The minimum Gasteiger partial charge on any atom is -0.508 e. The van der Waals surface area contributed by atoms with Crippen molar-refractivity contribution in [3.63, 3.8) is 0 Å². The Morgan fingerprint density at radius 2 is 1.34 bits per heavy atom. The molecule has 2 saturated heterocycles. The number of fused-ring (bicyclic) bond motifs is 1. The van der Waals surface area contributed by atoms with Crippen LogP contribution in [-0.4, -0.2) is 124 Å². The van der Waals surface area contributed by atoms with Crippen LogP contribution in [0, 0.1) is 0 Å². The zero-order valence-electron chi connectivity index (χ0n) is 22.7. The maximum atomic E-state index is 13.6. The van der Waals surface area contributed by atoms with Crippen molar-refractivity contribution < 1.29 is 79.5 Å². The maximum Gasteiger partial charge on any atom is 0.239 e. The summed E-state index contributed by atoms with van der Waals surface area (Å²) in [6.07, 6.45) is -16.5. The molecule has 0 amide bonds. The Labute approximate surface area is 246 Å². The van der Waals surface area contributed by atoms with Gasteiger partial charge in [0.15, 0.2) is 29.3 Å². The molecule has 10 atom stereocenters. The van der Waals surface area contributed by atoms with Gasteiger partial charge in [-0.3, -0.25) is 4.79 Å². The fourth-order valence-corrected chi connectivity index (χ4v) is 4.91. The van der Waals surface area contributed by atoms with E-state index in [1.165, 1.54) is 6.92 Å². The lowest BCUT2D eigenvalue weighted by Gasteiger charge is -2.42. The Hall–Kier alpha value is -3.91. The van der Waals surface area contributed by atoms with E-state index in [1.807, 2.05) is 0 Å². The van der Waals surface area contributed by atoms with Crippen LogP contribution < -0.4 is 10.2 Å². The molecule has 0 bridgehead atoms. The van der Waals surface area contributed by atoms with Crippen molar-refractivity contribution in [2.45, 2.75) is 68.3 Å². The molecule has 1 aromatic heterocycles. The fourth-order valence-electron chi connectivity index (χ4n) is 4.91. The molecule has 0 aliphatic carbocycles. The van der Waals surface area contributed by atoms with Crippen LogP contribution >= 0.6 is 0 Å². The second-order valence-corrected chi connectivity index (χ2v) is 10.4. The highest BCUT2D eigenvalue weighted by Crippen LogP contribution is 2.43. The topological polar surface area (TPSA) is 290 Å². The first-order chi connectivity index (χ1) is 20.7. The van der Waals surface area contributed by atoms with E-state index in [2.05, 4.69) is 0 Å². The highest BCUT2D eigenvalue weighted by atomic mass is 16.7. The van der Waals surface area contributed by atoms with E-state index in [-0.39, 0.29) is 11.1 Å². The van der Waals surface area contributed by atoms with Gasteiger partial charge in [-0.05, 0) is 19.1 Å². The molecule has 17 nitrogen and oxygen atoms in total. The molecule has 0 unspecified atom stereocenters. The molecule has 2 fully saturated rings. The van der Waals surface area contributed by atoms with Gasteiger partial charge in [0.25, 0.3) is 0 Å². The summed E-state index contributed by atoms with van der Waals surface area (Å²) >= 11 is 0. The minimum absolute atomic E-state index is 0.265. The van der Waals surface area contributed by atoms with E-state index < -0.39 is 119 Å². The first kappa shape index (κ1) is 31.5. The fraction of sp³-hybridized carbons (Fsp3) is 0.444. The number of aliphatic hydroxyl groups is 6. The number of benzene rings is 2. The number of phenolic OH excluding ortho intramolecular Hbond substituents is 5. The molecule has 3 aromatic rings. The molecule has 17 heteroatoms. The molecule has 2 aliphatic rings. The molecular weight excluding hydrogens is 596 g/mol. The predicted molar refractivity (Wildman–Crippen MR) is 142 cm³/mol. The van der Waals surface area contributed by atoms with Gasteiger partial charge in [-0.2, -0.15) is 0 Å². The van der Waals surface area contributed by atoms with Crippen molar-refractivity contribution >= 4 is 11.0 Å². The number of rotatable bonds is 6. The van der Waals surface area contributed by atoms with Gasteiger partial charge < -0.3 is 79.5 Å². The lowest BCUT2D eigenvalue weighted by Crippen LogP contribution is -2.61. The second kappa shape index (κ2) is 11.9. The summed E-state index contributed by atoms with van der Waals surface area (Å²) in [4.78, 5) is 13.6. The van der Waals surface area contributed by atoms with Gasteiger partial charge in [0.2, 0.25) is 17.5 Å². The number of hydrogen-bond donors (Lipinski definition) is 11. The first-order valence-electron chi connectivity index (χ1n) is 13.1. The van der Waals surface area contributed by atoms with E-state index in [0.29, 0.717) is 0 Å². The Morgan fingerprint density at radius 1 is 0.727 bits per heavy atom. The van der Waals surface area contributed by atoms with Crippen LogP contribution in [0.2, 0.25) is 0 Å². The molecule has 11 N–H and O–H groups in total. The summed E-state index contributed by atoms with van der Waals surface area (Å²) in [7, 11) is 0. The Kier molecular flexibility index (Phi) is 8.51. The summed E-state index contributed by atoms with van der Waals surface area (Å²) in [5.74, 6) is -5.16. The van der Waals surface area contributed by atoms with Crippen LogP contribution in [0.15, 0.2) is 33.5 Å². The average molecular weight is 627 g/mol. The molecule has 0 spiro atoms. The highest BCUT2D eigenvalue weighted by Gasteiger charge is 2.48. The Morgan fingerprint density at radius 3 is 2.00 bits per heavy atom. The summed E-state index contributed by atoms with van der Waals surface area (Å²) in [6, 6.07) is 3.56. The second-order valence-electron chi connectivity index (χ2n) is 10.4. The van der Waals surface area contributed by atoms with Gasteiger partial charge in [0.05, 0.1) is 12.7 Å². The zero-order valence-corrected chi connectivity index (χ0v) is 22.7. The van der Waals surface area contributed by atoms with Crippen LogP contribution in [0.1, 0.15) is 6.92 Å². The number of aliphatic hydroxyl groups excluding tert-OH is 6. The quantitative estimate of drug-likeness (QED) is 0.132. The van der Waals surface area contributed by atoms with Gasteiger partial charge in [-0.1, -0.05) is 0 Å². The van der Waals surface area contributed by atoms with Crippen molar-refractivity contribution in [3.05, 3.63) is 34.5 Å². The monoisotopic (exact) mass is 626 g/mol. The van der Waals surface area contributed by atoms with Crippen LogP contribution in [0.4, 0.5) is 0 Å². The smallest absolute Gasteiger partial charge is 0.239 e. The molecule has 0 saturated carbocycles. The predicted octanol–water partition coefficient (Wildman–Crippen LogP) is -1.98.